The highest BCUT2D eigenvalue weighted by atomic mass is 16.5. The van der Waals surface area contributed by atoms with Crippen molar-refractivity contribution in [3.05, 3.63) is 53.5 Å². The van der Waals surface area contributed by atoms with Crippen LogP contribution in [0.25, 0.3) is 11.1 Å². The normalized spacial score (nSPS) is 13.5. The molecule has 9 nitrogen and oxygen atoms in total. The van der Waals surface area contributed by atoms with Crippen molar-refractivity contribution in [2.24, 2.45) is 4.99 Å². The zero-order valence-corrected chi connectivity index (χ0v) is 20.8. The average Bonchev–Trinajstić information content (AvgIpc) is 3.14. The van der Waals surface area contributed by atoms with Crippen molar-refractivity contribution >= 4 is 17.3 Å². The highest BCUT2D eigenvalue weighted by Crippen LogP contribution is 2.36. The Labute approximate surface area is 204 Å². The molecule has 2 aromatic heterocycles. The molecule has 4 rings (SSSR count). The predicted octanol–water partition coefficient (Wildman–Crippen LogP) is 3.51. The first kappa shape index (κ1) is 24.4. The fourth-order valence-corrected chi connectivity index (χ4v) is 4.03. The molecule has 1 aliphatic rings. The van der Waals surface area contributed by atoms with E-state index in [0.717, 1.165) is 28.1 Å². The Morgan fingerprint density at radius 2 is 1.89 bits per heavy atom. The van der Waals surface area contributed by atoms with Gasteiger partial charge in [-0.15, -0.1) is 0 Å². The number of benzene rings is 1. The fourth-order valence-electron chi connectivity index (χ4n) is 4.03. The van der Waals surface area contributed by atoms with E-state index in [1.807, 2.05) is 45.0 Å². The molecule has 9 heteroatoms. The summed E-state index contributed by atoms with van der Waals surface area (Å²) in [6, 6.07) is 9.53. The first-order chi connectivity index (χ1) is 16.8. The van der Waals surface area contributed by atoms with Gasteiger partial charge in [0, 0.05) is 42.0 Å². The number of aliphatic hydroxyl groups is 1. The molecule has 184 valence electrons. The van der Waals surface area contributed by atoms with Crippen LogP contribution >= 0.6 is 0 Å². The number of hydrogen-bond donors (Lipinski definition) is 2. The third-order valence-corrected chi connectivity index (χ3v) is 5.83. The van der Waals surface area contributed by atoms with Crippen LogP contribution in [0.5, 0.6) is 11.6 Å². The van der Waals surface area contributed by atoms with Crippen molar-refractivity contribution in [2.75, 3.05) is 27.4 Å². The summed E-state index contributed by atoms with van der Waals surface area (Å²) < 4.78 is 12.4. The van der Waals surface area contributed by atoms with Crippen molar-refractivity contribution < 1.29 is 19.4 Å². The number of rotatable bonds is 7. The second-order valence-electron chi connectivity index (χ2n) is 9.34. The summed E-state index contributed by atoms with van der Waals surface area (Å²) in [4.78, 5) is 22.4. The Balaban J connectivity index is 1.84. The number of ether oxygens (including phenoxy) is 2. The van der Waals surface area contributed by atoms with E-state index in [0.29, 0.717) is 36.0 Å². The van der Waals surface area contributed by atoms with Crippen LogP contribution in [0.1, 0.15) is 48.9 Å². The highest BCUT2D eigenvalue weighted by Gasteiger charge is 2.32. The number of carbonyl (C=O) groups excluding carboxylic acids is 1. The Morgan fingerprint density at radius 1 is 1.11 bits per heavy atom. The smallest absolute Gasteiger partial charge is 0.272 e. The summed E-state index contributed by atoms with van der Waals surface area (Å²) in [6.07, 6.45) is 2.23. The molecule has 0 bridgehead atoms. The molecular formula is C26H31N5O4. The number of aromatic nitrogens is 3. The number of methoxy groups -OCH3 is 2. The monoisotopic (exact) mass is 477 g/mol. The molecule has 2 N–H and O–H groups in total. The fraction of sp³-hybridized carbons (Fsp3) is 0.385. The van der Waals surface area contributed by atoms with Crippen LogP contribution < -0.4 is 14.8 Å². The minimum Gasteiger partial charge on any atom is -0.496 e. The second-order valence-corrected chi connectivity index (χ2v) is 9.34. The van der Waals surface area contributed by atoms with Gasteiger partial charge in [-0.05, 0) is 36.2 Å². The molecule has 1 aromatic carbocycles. The van der Waals surface area contributed by atoms with E-state index in [-0.39, 0.29) is 24.5 Å². The zero-order chi connectivity index (χ0) is 25.2. The summed E-state index contributed by atoms with van der Waals surface area (Å²) in [7, 11) is 3.20. The van der Waals surface area contributed by atoms with Gasteiger partial charge in [0.05, 0.1) is 32.2 Å². The van der Waals surface area contributed by atoms with E-state index in [2.05, 4.69) is 10.3 Å². The van der Waals surface area contributed by atoms with Gasteiger partial charge in [0.15, 0.2) is 5.69 Å². The van der Waals surface area contributed by atoms with Crippen LogP contribution in [0.15, 0.2) is 41.5 Å². The van der Waals surface area contributed by atoms with Crippen molar-refractivity contribution in [3.8, 4) is 22.8 Å². The minimum atomic E-state index is -0.326. The summed E-state index contributed by atoms with van der Waals surface area (Å²) in [5, 5.41) is 17.0. The number of amides is 1. The number of aliphatic imine (C=N–C) groups is 1. The molecule has 0 aliphatic carbocycles. The summed E-state index contributed by atoms with van der Waals surface area (Å²) in [6.45, 7) is 6.86. The largest absolute Gasteiger partial charge is 0.496 e. The van der Waals surface area contributed by atoms with Gasteiger partial charge >= 0.3 is 0 Å². The maximum absolute atomic E-state index is 13.1. The number of nitrogens with one attached hydrogen (secondary N) is 1. The van der Waals surface area contributed by atoms with Crippen molar-refractivity contribution in [2.45, 2.75) is 39.2 Å². The van der Waals surface area contributed by atoms with Crippen molar-refractivity contribution in [1.29, 1.82) is 0 Å². The molecule has 1 amide bonds. The van der Waals surface area contributed by atoms with Crippen molar-refractivity contribution in [1.82, 2.24) is 20.1 Å². The molecular weight excluding hydrogens is 446 g/mol. The minimum absolute atomic E-state index is 0.0183. The van der Waals surface area contributed by atoms with Crippen LogP contribution in [0, 0.1) is 0 Å². The van der Waals surface area contributed by atoms with E-state index < -0.39 is 0 Å². The van der Waals surface area contributed by atoms with Crippen molar-refractivity contribution in [3.63, 3.8) is 0 Å². The van der Waals surface area contributed by atoms with E-state index in [9.17, 15) is 9.90 Å². The number of aliphatic hydroxyl groups excluding tert-OH is 1. The Hall–Kier alpha value is -3.72. The van der Waals surface area contributed by atoms with Crippen LogP contribution in [0.3, 0.4) is 0 Å². The summed E-state index contributed by atoms with van der Waals surface area (Å²) in [5.41, 5.74) is 4.71. The lowest BCUT2D eigenvalue weighted by atomic mass is 9.91. The van der Waals surface area contributed by atoms with Crippen LogP contribution in [-0.2, 0) is 12.0 Å². The Morgan fingerprint density at radius 3 is 2.51 bits per heavy atom. The molecule has 0 spiro atoms. The molecule has 0 fully saturated rings. The lowest BCUT2D eigenvalue weighted by molar-refractivity contribution is 0.0949. The number of pyridine rings is 1. The number of carbonyl (C=O) groups is 1. The van der Waals surface area contributed by atoms with Gasteiger partial charge in [0.1, 0.15) is 11.4 Å². The molecule has 1 aliphatic heterocycles. The maximum atomic E-state index is 13.1. The van der Waals surface area contributed by atoms with Gasteiger partial charge in [-0.1, -0.05) is 20.8 Å². The van der Waals surface area contributed by atoms with Gasteiger partial charge in [0.25, 0.3) is 5.91 Å². The number of hydrogen-bond acceptors (Lipinski definition) is 7. The van der Waals surface area contributed by atoms with Crippen LogP contribution in [0.4, 0.5) is 5.69 Å². The lowest BCUT2D eigenvalue weighted by Gasteiger charge is -2.16. The molecule has 35 heavy (non-hydrogen) atoms. The Bertz CT molecular complexity index is 1260. The first-order valence-corrected chi connectivity index (χ1v) is 11.5. The topological polar surface area (TPSA) is 111 Å². The highest BCUT2D eigenvalue weighted by molar-refractivity contribution is 6.11. The van der Waals surface area contributed by atoms with E-state index in [1.165, 1.54) is 0 Å². The molecule has 0 unspecified atom stereocenters. The quantitative estimate of drug-likeness (QED) is 0.539. The molecule has 0 saturated carbocycles. The second kappa shape index (κ2) is 9.87. The van der Waals surface area contributed by atoms with Gasteiger partial charge in [-0.25, -0.2) is 9.98 Å². The molecule has 3 heterocycles. The lowest BCUT2D eigenvalue weighted by Crippen LogP contribution is -2.30. The van der Waals surface area contributed by atoms with Gasteiger partial charge in [-0.2, -0.15) is 5.10 Å². The third-order valence-electron chi connectivity index (χ3n) is 5.83. The van der Waals surface area contributed by atoms with E-state index >= 15 is 0 Å². The van der Waals surface area contributed by atoms with Gasteiger partial charge in [0.2, 0.25) is 5.88 Å². The number of nitrogens with zero attached hydrogens (tertiary/aromatic N) is 4. The van der Waals surface area contributed by atoms with E-state index in [1.54, 1.807) is 31.2 Å². The summed E-state index contributed by atoms with van der Waals surface area (Å²) >= 11 is 0. The van der Waals surface area contributed by atoms with Gasteiger partial charge in [-0.3, -0.25) is 9.48 Å². The molecule has 0 atom stereocenters. The number of aryl methyl sites for hydroxylation is 1. The molecule has 0 saturated heterocycles. The average molecular weight is 478 g/mol. The van der Waals surface area contributed by atoms with Gasteiger partial charge < -0.3 is 19.9 Å². The summed E-state index contributed by atoms with van der Waals surface area (Å²) in [5.74, 6) is 1.000. The first-order valence-electron chi connectivity index (χ1n) is 11.5. The zero-order valence-electron chi connectivity index (χ0n) is 20.8. The molecule has 3 aromatic rings. The Kier molecular flexibility index (Phi) is 6.88. The SMILES string of the molecule is COc1ccc(-c2cc(C3=Nc4c(C(C)(C)C)nn(CCCO)c4C(=O)NC3)ccc2OC)cn1. The number of fused-ring (bicyclic) bond motifs is 1. The van der Waals surface area contributed by atoms with E-state index in [4.69, 9.17) is 19.6 Å². The maximum Gasteiger partial charge on any atom is 0.272 e. The standard InChI is InChI=1S/C26H31N5O4/c1-26(2,3)24-22-23(31(30-24)11-6-12-32)25(33)28-15-19(29-22)16-7-9-20(34-4)18(13-16)17-8-10-21(35-5)27-14-17/h7-10,13-14,32H,6,11-12,15H2,1-5H3,(H,28,33). The predicted molar refractivity (Wildman–Crippen MR) is 134 cm³/mol. The third kappa shape index (κ3) is 4.90. The van der Waals surface area contributed by atoms with Crippen LogP contribution in [-0.4, -0.2) is 58.9 Å². The van der Waals surface area contributed by atoms with Crippen LogP contribution in [0.2, 0.25) is 0 Å². The molecule has 0 radical (unpaired) electrons.